The predicted octanol–water partition coefficient (Wildman–Crippen LogP) is 6.09. The molecule has 2 aromatic carbocycles. The number of carbonyl (C=O) groups is 1. The number of methoxy groups -OCH3 is 1. The van der Waals surface area contributed by atoms with Crippen LogP contribution in [0.5, 0.6) is 5.75 Å². The van der Waals surface area contributed by atoms with Crippen molar-refractivity contribution < 1.29 is 14.3 Å². The zero-order valence-electron chi connectivity index (χ0n) is 18.1. The van der Waals surface area contributed by atoms with Gasteiger partial charge in [0.25, 0.3) is 0 Å². The van der Waals surface area contributed by atoms with E-state index in [0.717, 1.165) is 40.7 Å². The smallest absolute Gasteiger partial charge is 0.410 e. The first-order valence-electron chi connectivity index (χ1n) is 11.5. The van der Waals surface area contributed by atoms with Crippen molar-refractivity contribution in [1.82, 2.24) is 4.90 Å². The van der Waals surface area contributed by atoms with Crippen molar-refractivity contribution in [2.24, 2.45) is 5.92 Å². The Morgan fingerprint density at radius 2 is 1.97 bits per heavy atom. The molecule has 1 saturated heterocycles. The van der Waals surface area contributed by atoms with Gasteiger partial charge in [0.2, 0.25) is 0 Å². The van der Waals surface area contributed by atoms with E-state index in [-0.39, 0.29) is 17.6 Å². The van der Waals surface area contributed by atoms with Crippen molar-refractivity contribution in [3.05, 3.63) is 62.7 Å². The molecular weight excluding hydrogens is 501 g/mol. The van der Waals surface area contributed by atoms with Crippen LogP contribution in [0.25, 0.3) is 0 Å². The number of likely N-dealkylation sites (tertiary alicyclic amines) is 1. The summed E-state index contributed by atoms with van der Waals surface area (Å²) in [5, 5.41) is 0. The van der Waals surface area contributed by atoms with E-state index in [1.807, 2.05) is 30.3 Å². The van der Waals surface area contributed by atoms with E-state index >= 15 is 0 Å². The molecule has 1 aliphatic heterocycles. The third kappa shape index (κ3) is 3.73. The van der Waals surface area contributed by atoms with Gasteiger partial charge in [-0.2, -0.15) is 0 Å². The normalized spacial score (nSPS) is 27.0. The minimum Gasteiger partial charge on any atom is -0.496 e. The molecule has 2 bridgehead atoms. The van der Waals surface area contributed by atoms with Gasteiger partial charge in [0, 0.05) is 18.0 Å². The Labute approximate surface area is 198 Å². The zero-order valence-corrected chi connectivity index (χ0v) is 20.3. The molecule has 2 fully saturated rings. The molecule has 1 saturated carbocycles. The highest BCUT2D eigenvalue weighted by Gasteiger charge is 2.53. The number of fused-ring (bicyclic) bond motifs is 1. The van der Waals surface area contributed by atoms with E-state index in [4.69, 9.17) is 9.47 Å². The van der Waals surface area contributed by atoms with Gasteiger partial charge in [0.1, 0.15) is 12.4 Å². The van der Waals surface area contributed by atoms with Crippen molar-refractivity contribution in [3.8, 4) is 5.75 Å². The third-order valence-electron chi connectivity index (χ3n) is 7.77. The van der Waals surface area contributed by atoms with E-state index in [1.165, 1.54) is 36.8 Å². The maximum Gasteiger partial charge on any atom is 0.410 e. The number of halogens is 1. The molecule has 1 amide bonds. The van der Waals surface area contributed by atoms with E-state index < -0.39 is 0 Å². The van der Waals surface area contributed by atoms with Crippen LogP contribution in [-0.2, 0) is 23.2 Å². The van der Waals surface area contributed by atoms with Gasteiger partial charge in [-0.3, -0.25) is 0 Å². The molecule has 4 nitrogen and oxygen atoms in total. The fraction of sp³-hybridized carbons (Fsp3) is 0.500. The van der Waals surface area contributed by atoms with Crippen LogP contribution in [0.2, 0.25) is 0 Å². The summed E-state index contributed by atoms with van der Waals surface area (Å²) < 4.78 is 12.7. The van der Waals surface area contributed by atoms with Crippen LogP contribution in [0.3, 0.4) is 0 Å². The number of benzene rings is 2. The first kappa shape index (κ1) is 21.1. The van der Waals surface area contributed by atoms with Crippen molar-refractivity contribution >= 4 is 28.7 Å². The van der Waals surface area contributed by atoms with E-state index in [2.05, 4.69) is 39.6 Å². The van der Waals surface area contributed by atoms with Crippen LogP contribution in [0.4, 0.5) is 4.79 Å². The molecule has 1 unspecified atom stereocenters. The number of rotatable bonds is 3. The lowest BCUT2D eigenvalue weighted by atomic mass is 9.54. The maximum atomic E-state index is 13.3. The summed E-state index contributed by atoms with van der Waals surface area (Å²) in [5.41, 5.74) is 4.09. The Morgan fingerprint density at radius 3 is 2.77 bits per heavy atom. The first-order valence-corrected chi connectivity index (χ1v) is 12.5. The molecule has 0 spiro atoms. The monoisotopic (exact) mass is 531 g/mol. The molecule has 3 atom stereocenters. The first-order chi connectivity index (χ1) is 15.1. The summed E-state index contributed by atoms with van der Waals surface area (Å²) in [7, 11) is 1.77. The average molecular weight is 531 g/mol. The average Bonchev–Trinajstić information content (AvgIpc) is 2.92. The third-order valence-corrected chi connectivity index (χ3v) is 8.61. The van der Waals surface area contributed by atoms with Gasteiger partial charge in [0.05, 0.1) is 10.7 Å². The van der Waals surface area contributed by atoms with Gasteiger partial charge in [-0.15, -0.1) is 0 Å². The number of hydrogen-bond acceptors (Lipinski definition) is 3. The fourth-order valence-electron chi connectivity index (χ4n) is 6.44. The number of nitrogens with zero attached hydrogens (tertiary/aromatic N) is 1. The SMILES string of the molecule is COc1cc2c(cc1I)C[C@H]1C3CCCC[C@@]23CCCN1C(=O)OCc1ccccc1. The largest absolute Gasteiger partial charge is 0.496 e. The Hall–Kier alpha value is -1.76. The highest BCUT2D eigenvalue weighted by Crippen LogP contribution is 2.56. The van der Waals surface area contributed by atoms with E-state index in [9.17, 15) is 4.79 Å². The summed E-state index contributed by atoms with van der Waals surface area (Å²) in [4.78, 5) is 15.3. The lowest BCUT2D eigenvalue weighted by molar-refractivity contribution is 0.0441. The summed E-state index contributed by atoms with van der Waals surface area (Å²) in [6.07, 6.45) is 7.89. The van der Waals surface area contributed by atoms with Crippen molar-refractivity contribution in [2.75, 3.05) is 13.7 Å². The molecule has 2 aromatic rings. The minimum atomic E-state index is -0.151. The highest BCUT2D eigenvalue weighted by atomic mass is 127. The Kier molecular flexibility index (Phi) is 5.88. The Bertz CT molecular complexity index is 963. The summed E-state index contributed by atoms with van der Waals surface area (Å²) in [5.74, 6) is 1.49. The van der Waals surface area contributed by atoms with Crippen LogP contribution in [-0.4, -0.2) is 30.7 Å². The molecule has 0 radical (unpaired) electrons. The lowest BCUT2D eigenvalue weighted by Gasteiger charge is -2.52. The standard InChI is InChI=1S/C26H30INO3/c1-30-24-16-21-19(14-22(24)27)15-23-20-10-5-6-11-26(20,21)12-7-13-28(23)25(29)31-17-18-8-3-2-4-9-18/h2-4,8-9,14,16,20,23H,5-7,10-13,15,17H2,1H3/t20?,23-,26-/m0/s1. The molecule has 3 aliphatic rings. The number of ether oxygens (including phenoxy) is 2. The van der Waals surface area contributed by atoms with Crippen LogP contribution in [0.1, 0.15) is 55.2 Å². The van der Waals surface area contributed by atoms with Crippen molar-refractivity contribution in [1.29, 1.82) is 0 Å². The quantitative estimate of drug-likeness (QED) is 0.451. The summed E-state index contributed by atoms with van der Waals surface area (Å²) in [6, 6.07) is 14.8. The highest BCUT2D eigenvalue weighted by molar-refractivity contribution is 14.1. The van der Waals surface area contributed by atoms with Crippen molar-refractivity contribution in [3.63, 3.8) is 0 Å². The minimum absolute atomic E-state index is 0.151. The second-order valence-electron chi connectivity index (χ2n) is 9.26. The van der Waals surface area contributed by atoms with E-state index in [1.54, 1.807) is 7.11 Å². The molecule has 5 heteroatoms. The molecule has 0 aromatic heterocycles. The maximum absolute atomic E-state index is 13.3. The Morgan fingerprint density at radius 1 is 1.16 bits per heavy atom. The fourth-order valence-corrected chi connectivity index (χ4v) is 7.20. The van der Waals surface area contributed by atoms with Gasteiger partial charge in [-0.1, -0.05) is 43.2 Å². The molecule has 2 aliphatic carbocycles. The number of hydrogen-bond donors (Lipinski definition) is 0. The summed E-state index contributed by atoms with van der Waals surface area (Å²) >= 11 is 2.37. The van der Waals surface area contributed by atoms with Gasteiger partial charge in [-0.25, -0.2) is 4.79 Å². The molecular formula is C26H30INO3. The molecule has 0 N–H and O–H groups in total. The number of amides is 1. The molecule has 31 heavy (non-hydrogen) atoms. The van der Waals surface area contributed by atoms with Crippen LogP contribution < -0.4 is 4.74 Å². The lowest BCUT2D eigenvalue weighted by Crippen LogP contribution is -2.54. The summed E-state index contributed by atoms with van der Waals surface area (Å²) in [6.45, 7) is 1.13. The zero-order chi connectivity index (χ0) is 21.4. The van der Waals surface area contributed by atoms with Crippen LogP contribution in [0.15, 0.2) is 42.5 Å². The molecule has 5 rings (SSSR count). The molecule has 1 heterocycles. The van der Waals surface area contributed by atoms with Crippen LogP contribution >= 0.6 is 22.6 Å². The van der Waals surface area contributed by atoms with Gasteiger partial charge >= 0.3 is 6.09 Å². The van der Waals surface area contributed by atoms with E-state index in [0.29, 0.717) is 12.5 Å². The second-order valence-corrected chi connectivity index (χ2v) is 10.4. The van der Waals surface area contributed by atoms with Gasteiger partial charge < -0.3 is 14.4 Å². The van der Waals surface area contributed by atoms with Crippen LogP contribution in [0, 0.1) is 9.49 Å². The number of carbonyl (C=O) groups excluding carboxylic acids is 1. The topological polar surface area (TPSA) is 38.8 Å². The van der Waals surface area contributed by atoms with Crippen molar-refractivity contribution in [2.45, 2.75) is 63.0 Å². The van der Waals surface area contributed by atoms with Gasteiger partial charge in [0.15, 0.2) is 0 Å². The van der Waals surface area contributed by atoms with Gasteiger partial charge in [-0.05, 0) is 89.4 Å². The molecule has 164 valence electrons. The predicted molar refractivity (Wildman–Crippen MR) is 129 cm³/mol. The second kappa shape index (κ2) is 8.64. The Balaban J connectivity index is 1.47.